The Bertz CT molecular complexity index is 708. The van der Waals surface area contributed by atoms with Gasteiger partial charge in [-0.3, -0.25) is 9.69 Å². The molecule has 1 saturated carbocycles. The van der Waals surface area contributed by atoms with Crippen molar-refractivity contribution in [3.8, 4) is 0 Å². The van der Waals surface area contributed by atoms with E-state index in [1.165, 1.54) is 5.69 Å². The van der Waals surface area contributed by atoms with Crippen molar-refractivity contribution in [3.63, 3.8) is 0 Å². The fourth-order valence-electron chi connectivity index (χ4n) is 3.97. The molecular formula is C22H29N3O2. The Morgan fingerprint density at radius 1 is 1.04 bits per heavy atom. The number of anilines is 1. The summed E-state index contributed by atoms with van der Waals surface area (Å²) in [6, 6.07) is 14.5. The largest absolute Gasteiger partial charge is 0.469 e. The van der Waals surface area contributed by atoms with Gasteiger partial charge in [-0.1, -0.05) is 18.2 Å². The zero-order valence-electron chi connectivity index (χ0n) is 15.8. The maximum absolute atomic E-state index is 12.2. The third-order valence-electron chi connectivity index (χ3n) is 5.73. The highest BCUT2D eigenvalue weighted by Crippen LogP contribution is 2.47. The Hall–Kier alpha value is -2.27. The summed E-state index contributed by atoms with van der Waals surface area (Å²) in [5.41, 5.74) is 1.33. The number of para-hydroxylation sites is 1. The highest BCUT2D eigenvalue weighted by atomic mass is 16.3. The Kier molecular flexibility index (Phi) is 5.78. The highest BCUT2D eigenvalue weighted by Gasteiger charge is 2.45. The van der Waals surface area contributed by atoms with E-state index in [1.54, 1.807) is 6.26 Å². The van der Waals surface area contributed by atoms with Crippen molar-refractivity contribution in [1.29, 1.82) is 0 Å². The third kappa shape index (κ3) is 4.72. The smallest absolute Gasteiger partial charge is 0.223 e. The predicted octanol–water partition coefficient (Wildman–Crippen LogP) is 3.10. The normalized spacial score (nSPS) is 22.6. The van der Waals surface area contributed by atoms with E-state index in [4.69, 9.17) is 4.42 Å². The van der Waals surface area contributed by atoms with Gasteiger partial charge in [0.05, 0.1) is 6.26 Å². The summed E-state index contributed by atoms with van der Waals surface area (Å²) < 4.78 is 5.39. The van der Waals surface area contributed by atoms with Gasteiger partial charge in [0, 0.05) is 50.2 Å². The van der Waals surface area contributed by atoms with E-state index in [-0.39, 0.29) is 11.8 Å². The van der Waals surface area contributed by atoms with Crippen LogP contribution in [-0.4, -0.2) is 50.1 Å². The number of unbranched alkanes of at least 4 members (excludes halogenated alkanes) is 1. The first kappa shape index (κ1) is 18.1. The number of hydrogen-bond acceptors (Lipinski definition) is 4. The molecule has 1 saturated heterocycles. The Morgan fingerprint density at radius 2 is 1.85 bits per heavy atom. The molecule has 1 amide bonds. The van der Waals surface area contributed by atoms with Gasteiger partial charge in [-0.15, -0.1) is 0 Å². The monoisotopic (exact) mass is 367 g/mol. The van der Waals surface area contributed by atoms with Gasteiger partial charge in [-0.2, -0.15) is 0 Å². The molecule has 1 aliphatic carbocycles. The number of piperazine rings is 1. The molecule has 0 spiro atoms. The van der Waals surface area contributed by atoms with Crippen LogP contribution in [0.5, 0.6) is 0 Å². The van der Waals surface area contributed by atoms with Gasteiger partial charge in [0.2, 0.25) is 5.91 Å². The molecule has 2 aromatic rings. The zero-order valence-corrected chi connectivity index (χ0v) is 15.8. The van der Waals surface area contributed by atoms with E-state index in [0.29, 0.717) is 5.92 Å². The first-order chi connectivity index (χ1) is 13.3. The molecule has 0 bridgehead atoms. The van der Waals surface area contributed by atoms with Crippen LogP contribution >= 0.6 is 0 Å². The molecule has 2 heterocycles. The number of carbonyl (C=O) groups excluding carboxylic acids is 1. The lowest BCUT2D eigenvalue weighted by Gasteiger charge is -2.36. The van der Waals surface area contributed by atoms with Crippen molar-refractivity contribution in [2.75, 3.05) is 44.2 Å². The quantitative estimate of drug-likeness (QED) is 0.729. The summed E-state index contributed by atoms with van der Waals surface area (Å²) in [5.74, 6) is 1.54. The summed E-state index contributed by atoms with van der Waals surface area (Å²) in [7, 11) is 0. The van der Waals surface area contributed by atoms with Gasteiger partial charge in [0.1, 0.15) is 5.76 Å². The summed E-state index contributed by atoms with van der Waals surface area (Å²) >= 11 is 0. The molecular weight excluding hydrogens is 338 g/mol. The molecule has 1 aliphatic heterocycles. The van der Waals surface area contributed by atoms with Crippen molar-refractivity contribution in [2.24, 2.45) is 5.92 Å². The maximum atomic E-state index is 12.2. The van der Waals surface area contributed by atoms with Crippen LogP contribution in [0.15, 0.2) is 53.1 Å². The van der Waals surface area contributed by atoms with E-state index in [1.807, 2.05) is 12.1 Å². The second kappa shape index (κ2) is 8.61. The van der Waals surface area contributed by atoms with Crippen molar-refractivity contribution in [3.05, 3.63) is 54.5 Å². The standard InChI is InChI=1S/C22H29N3O2/c26-22(20-17-19(20)21-9-6-16-27-21)23-10-4-5-11-24-12-14-25(15-13-24)18-7-2-1-3-8-18/h1-3,6-9,16,19-20H,4-5,10-15,17H2,(H,23,26). The summed E-state index contributed by atoms with van der Waals surface area (Å²) in [6.07, 6.45) is 4.79. The van der Waals surface area contributed by atoms with Gasteiger partial charge in [-0.25, -0.2) is 0 Å². The van der Waals surface area contributed by atoms with Gasteiger partial charge in [0.25, 0.3) is 0 Å². The minimum atomic E-state index is 0.113. The molecule has 5 nitrogen and oxygen atoms in total. The molecule has 2 aliphatic rings. The van der Waals surface area contributed by atoms with Crippen LogP contribution in [0.2, 0.25) is 0 Å². The van der Waals surface area contributed by atoms with Crippen LogP contribution in [0.1, 0.15) is 30.9 Å². The van der Waals surface area contributed by atoms with E-state index < -0.39 is 0 Å². The van der Waals surface area contributed by atoms with Crippen molar-refractivity contribution in [1.82, 2.24) is 10.2 Å². The summed E-state index contributed by atoms with van der Waals surface area (Å²) in [6.45, 7) is 6.33. The molecule has 1 aromatic heterocycles. The number of nitrogens with zero attached hydrogens (tertiary/aromatic N) is 2. The van der Waals surface area contributed by atoms with Gasteiger partial charge < -0.3 is 14.6 Å². The Labute approximate surface area is 161 Å². The molecule has 27 heavy (non-hydrogen) atoms. The minimum Gasteiger partial charge on any atom is -0.469 e. The zero-order chi connectivity index (χ0) is 18.5. The van der Waals surface area contributed by atoms with Crippen LogP contribution in [0.25, 0.3) is 0 Å². The summed E-state index contributed by atoms with van der Waals surface area (Å²) in [5, 5.41) is 3.10. The lowest BCUT2D eigenvalue weighted by atomic mass is 10.2. The van der Waals surface area contributed by atoms with Crippen LogP contribution in [0.3, 0.4) is 0 Å². The van der Waals surface area contributed by atoms with Crippen LogP contribution in [0, 0.1) is 5.92 Å². The average Bonchev–Trinajstić information content (AvgIpc) is 3.34. The highest BCUT2D eigenvalue weighted by molar-refractivity contribution is 5.82. The molecule has 4 rings (SSSR count). The molecule has 1 aromatic carbocycles. The second-order valence-electron chi connectivity index (χ2n) is 7.63. The predicted molar refractivity (Wildman–Crippen MR) is 107 cm³/mol. The number of carbonyl (C=O) groups is 1. The number of furan rings is 1. The number of amides is 1. The molecule has 2 atom stereocenters. The number of rotatable bonds is 8. The van der Waals surface area contributed by atoms with E-state index in [2.05, 4.69) is 45.4 Å². The van der Waals surface area contributed by atoms with Crippen LogP contribution in [-0.2, 0) is 4.79 Å². The molecule has 5 heteroatoms. The van der Waals surface area contributed by atoms with Crippen molar-refractivity contribution >= 4 is 11.6 Å². The average molecular weight is 367 g/mol. The SMILES string of the molecule is O=C(NCCCCN1CCN(c2ccccc2)CC1)C1CC1c1ccco1. The number of benzene rings is 1. The summed E-state index contributed by atoms with van der Waals surface area (Å²) in [4.78, 5) is 17.2. The van der Waals surface area contributed by atoms with Gasteiger partial charge in [0.15, 0.2) is 0 Å². The van der Waals surface area contributed by atoms with E-state index in [0.717, 1.165) is 64.3 Å². The Morgan fingerprint density at radius 3 is 2.59 bits per heavy atom. The molecule has 0 radical (unpaired) electrons. The van der Waals surface area contributed by atoms with E-state index >= 15 is 0 Å². The van der Waals surface area contributed by atoms with Gasteiger partial charge in [-0.05, 0) is 50.1 Å². The van der Waals surface area contributed by atoms with Gasteiger partial charge >= 0.3 is 0 Å². The third-order valence-corrected chi connectivity index (χ3v) is 5.73. The molecule has 144 valence electrons. The van der Waals surface area contributed by atoms with Crippen LogP contribution in [0.4, 0.5) is 5.69 Å². The second-order valence-corrected chi connectivity index (χ2v) is 7.63. The van der Waals surface area contributed by atoms with Crippen LogP contribution < -0.4 is 10.2 Å². The lowest BCUT2D eigenvalue weighted by Crippen LogP contribution is -2.46. The Balaban J connectivity index is 1.07. The number of nitrogens with one attached hydrogen (secondary N) is 1. The fourth-order valence-corrected chi connectivity index (χ4v) is 3.97. The molecule has 2 fully saturated rings. The minimum absolute atomic E-state index is 0.113. The van der Waals surface area contributed by atoms with Crippen molar-refractivity contribution in [2.45, 2.75) is 25.2 Å². The molecule has 1 N–H and O–H groups in total. The molecule has 2 unspecified atom stereocenters. The first-order valence-corrected chi connectivity index (χ1v) is 10.1. The number of hydrogen-bond donors (Lipinski definition) is 1. The maximum Gasteiger partial charge on any atom is 0.223 e. The van der Waals surface area contributed by atoms with Crippen molar-refractivity contribution < 1.29 is 9.21 Å². The first-order valence-electron chi connectivity index (χ1n) is 10.1. The lowest BCUT2D eigenvalue weighted by molar-refractivity contribution is -0.122. The van der Waals surface area contributed by atoms with E-state index in [9.17, 15) is 4.79 Å². The topological polar surface area (TPSA) is 48.7 Å². The fraction of sp³-hybridized carbons (Fsp3) is 0.500.